The Bertz CT molecular complexity index is 1490. The zero-order valence-electron chi connectivity index (χ0n) is 22.5. The van der Waals surface area contributed by atoms with Crippen molar-refractivity contribution in [2.45, 2.75) is 31.6 Å². The summed E-state index contributed by atoms with van der Waals surface area (Å²) in [5.74, 6) is 1.98. The first-order valence-electron chi connectivity index (χ1n) is 13.4. The maximum absolute atomic E-state index is 6.12. The molecule has 5 nitrogen and oxygen atoms in total. The monoisotopic (exact) mass is 523 g/mol. The number of hydrogen-bond donors (Lipinski definition) is 2. The molecule has 0 saturated heterocycles. The summed E-state index contributed by atoms with van der Waals surface area (Å²) in [5.41, 5.74) is 10.9. The molecule has 6 heteroatoms. The van der Waals surface area contributed by atoms with Crippen LogP contribution in [0.25, 0.3) is 22.7 Å². The molecule has 0 aliphatic carbocycles. The van der Waals surface area contributed by atoms with Crippen LogP contribution in [0.1, 0.15) is 32.3 Å². The smallest absolute Gasteiger partial charge is 0.280 e. The lowest BCUT2D eigenvalue weighted by Gasteiger charge is -2.16. The molecule has 1 aliphatic rings. The Hall–Kier alpha value is -3.77. The Morgan fingerprint density at radius 3 is 2.50 bits per heavy atom. The number of amidine groups is 1. The Kier molecular flexibility index (Phi) is 7.99. The fourth-order valence-corrected chi connectivity index (χ4v) is 6.14. The van der Waals surface area contributed by atoms with E-state index in [9.17, 15) is 0 Å². The van der Waals surface area contributed by atoms with Crippen molar-refractivity contribution in [1.29, 1.82) is 0 Å². The fourth-order valence-electron chi connectivity index (χ4n) is 5.04. The number of anilines is 2. The number of benzene rings is 3. The van der Waals surface area contributed by atoms with Gasteiger partial charge in [-0.25, -0.2) is 0 Å². The third kappa shape index (κ3) is 5.41. The summed E-state index contributed by atoms with van der Waals surface area (Å²) in [6.45, 7) is 6.98. The highest BCUT2D eigenvalue weighted by molar-refractivity contribution is 8.03. The van der Waals surface area contributed by atoms with Gasteiger partial charge in [0.05, 0.1) is 30.4 Å². The molecular weight excluding hydrogens is 486 g/mol. The molecule has 3 N–H and O–H groups in total. The van der Waals surface area contributed by atoms with Crippen molar-refractivity contribution in [1.82, 2.24) is 0 Å². The Labute approximate surface area is 230 Å². The lowest BCUT2D eigenvalue weighted by atomic mass is 10.1. The maximum atomic E-state index is 6.12. The highest BCUT2D eigenvalue weighted by Crippen LogP contribution is 2.45. The average molecular weight is 524 g/mol. The van der Waals surface area contributed by atoms with Crippen LogP contribution in [0.2, 0.25) is 0 Å². The number of fused-ring (bicyclic) bond motifs is 2. The van der Waals surface area contributed by atoms with Gasteiger partial charge in [0.15, 0.2) is 0 Å². The first kappa shape index (κ1) is 25.9. The molecule has 0 unspecified atom stereocenters. The molecule has 3 aromatic carbocycles. The quantitative estimate of drug-likeness (QED) is 0.118. The lowest BCUT2D eigenvalue weighted by molar-refractivity contribution is -0.551. The SMILES string of the molecule is CCC[N+](CCCNc1cc(C=C2Sc3ccccc3N2C)c2ccccc2[n+]1-c1ccccc1)=C(C)N. The van der Waals surface area contributed by atoms with Crippen LogP contribution in [0.4, 0.5) is 11.5 Å². The minimum atomic E-state index is 0.856. The lowest BCUT2D eigenvalue weighted by Crippen LogP contribution is -2.36. The van der Waals surface area contributed by atoms with Gasteiger partial charge in [-0.3, -0.25) is 15.6 Å². The molecule has 5 rings (SSSR count). The number of pyridine rings is 1. The van der Waals surface area contributed by atoms with Crippen LogP contribution in [-0.2, 0) is 0 Å². The van der Waals surface area contributed by atoms with E-state index < -0.39 is 0 Å². The second-order valence-electron chi connectivity index (χ2n) is 9.69. The van der Waals surface area contributed by atoms with Crippen LogP contribution in [0.3, 0.4) is 0 Å². The van der Waals surface area contributed by atoms with Crippen molar-refractivity contribution in [3.05, 3.63) is 95.5 Å². The van der Waals surface area contributed by atoms with Gasteiger partial charge in [-0.1, -0.05) is 67.2 Å². The third-order valence-electron chi connectivity index (χ3n) is 6.96. The van der Waals surface area contributed by atoms with Crippen LogP contribution < -0.4 is 20.5 Å². The second-order valence-corrected chi connectivity index (χ2v) is 10.8. The number of rotatable bonds is 9. The molecule has 38 heavy (non-hydrogen) atoms. The summed E-state index contributed by atoms with van der Waals surface area (Å²) >= 11 is 1.83. The molecule has 1 aromatic heterocycles. The van der Waals surface area contributed by atoms with E-state index in [-0.39, 0.29) is 0 Å². The minimum absolute atomic E-state index is 0.856. The number of nitrogens with one attached hydrogen (secondary N) is 1. The highest BCUT2D eigenvalue weighted by Gasteiger charge is 2.23. The normalized spacial score (nSPS) is 14.6. The maximum Gasteiger partial charge on any atom is 0.280 e. The molecule has 0 bridgehead atoms. The Morgan fingerprint density at radius 1 is 1.00 bits per heavy atom. The van der Waals surface area contributed by atoms with Crippen molar-refractivity contribution in [2.75, 3.05) is 36.9 Å². The van der Waals surface area contributed by atoms with Gasteiger partial charge in [-0.2, -0.15) is 4.57 Å². The van der Waals surface area contributed by atoms with E-state index in [1.54, 1.807) is 0 Å². The fraction of sp³-hybridized carbons (Fsp3) is 0.250. The standard InChI is InChI=1S/C32H35N5S/c1-4-20-36(24(2)33)21-12-19-34-31-22-25(23-32-35(3)29-17-10-11-18-30(29)38-32)27-15-8-9-16-28(27)37(31)26-13-6-5-7-14-26/h5-11,13-18,22-23,33H,4,12,19-21H2,1-3H3/p+2. The van der Waals surface area contributed by atoms with Gasteiger partial charge in [0.25, 0.3) is 5.82 Å². The Morgan fingerprint density at radius 2 is 1.74 bits per heavy atom. The number of aromatic nitrogens is 1. The van der Waals surface area contributed by atoms with Crippen LogP contribution in [0, 0.1) is 0 Å². The van der Waals surface area contributed by atoms with Crippen molar-refractivity contribution in [3.63, 3.8) is 0 Å². The van der Waals surface area contributed by atoms with Gasteiger partial charge < -0.3 is 4.90 Å². The molecular formula is C32H37N5S+2. The number of thioether (sulfide) groups is 1. The summed E-state index contributed by atoms with van der Waals surface area (Å²) in [5, 5.41) is 6.22. The predicted octanol–water partition coefficient (Wildman–Crippen LogP) is 6.26. The van der Waals surface area contributed by atoms with E-state index in [2.05, 4.69) is 124 Å². The van der Waals surface area contributed by atoms with Gasteiger partial charge in [-0.15, -0.1) is 0 Å². The van der Waals surface area contributed by atoms with Crippen molar-refractivity contribution in [2.24, 2.45) is 5.73 Å². The minimum Gasteiger partial charge on any atom is -0.338 e. The zero-order valence-corrected chi connectivity index (χ0v) is 23.3. The molecule has 0 amide bonds. The van der Waals surface area contributed by atoms with E-state index in [1.807, 2.05) is 18.7 Å². The van der Waals surface area contributed by atoms with Crippen LogP contribution in [-0.4, -0.2) is 37.1 Å². The summed E-state index contributed by atoms with van der Waals surface area (Å²) < 4.78 is 4.61. The molecule has 0 radical (unpaired) electrons. The first-order chi connectivity index (χ1) is 18.6. The van der Waals surface area contributed by atoms with Gasteiger partial charge in [0.2, 0.25) is 5.84 Å². The molecule has 4 aromatic rings. The zero-order chi connectivity index (χ0) is 26.5. The average Bonchev–Trinajstić information content (AvgIpc) is 3.25. The molecule has 0 spiro atoms. The number of hydrogen-bond acceptors (Lipinski definition) is 3. The number of nitrogens with zero attached hydrogens (tertiary/aromatic N) is 3. The third-order valence-corrected chi connectivity index (χ3v) is 8.12. The number of nitrogens with two attached hydrogens (primary N) is 1. The largest absolute Gasteiger partial charge is 0.338 e. The van der Waals surface area contributed by atoms with Crippen LogP contribution >= 0.6 is 11.8 Å². The molecule has 0 atom stereocenters. The first-order valence-corrected chi connectivity index (χ1v) is 14.2. The summed E-state index contributed by atoms with van der Waals surface area (Å²) in [6, 6.07) is 30.2. The second kappa shape index (κ2) is 11.7. The van der Waals surface area contributed by atoms with Gasteiger partial charge in [0, 0.05) is 36.7 Å². The van der Waals surface area contributed by atoms with Gasteiger partial charge in [-0.05, 0) is 48.4 Å². The van der Waals surface area contributed by atoms with Crippen molar-refractivity contribution in [3.8, 4) is 5.69 Å². The van der Waals surface area contributed by atoms with Crippen LogP contribution in [0.5, 0.6) is 0 Å². The van der Waals surface area contributed by atoms with E-state index >= 15 is 0 Å². The van der Waals surface area contributed by atoms with E-state index in [1.165, 1.54) is 32.1 Å². The number of para-hydroxylation sites is 3. The summed E-state index contributed by atoms with van der Waals surface area (Å²) in [4.78, 5) is 3.58. The predicted molar refractivity (Wildman–Crippen MR) is 162 cm³/mol. The van der Waals surface area contributed by atoms with E-state index in [0.29, 0.717) is 0 Å². The molecule has 0 fully saturated rings. The topological polar surface area (TPSA) is 48.2 Å². The van der Waals surface area contributed by atoms with Crippen molar-refractivity contribution >= 4 is 46.1 Å². The van der Waals surface area contributed by atoms with Gasteiger partial charge >= 0.3 is 0 Å². The van der Waals surface area contributed by atoms with Crippen LogP contribution in [0.15, 0.2) is 94.9 Å². The molecule has 194 valence electrons. The summed E-state index contributed by atoms with van der Waals surface area (Å²) in [7, 11) is 2.15. The molecule has 0 saturated carbocycles. The van der Waals surface area contributed by atoms with Gasteiger partial charge in [0.1, 0.15) is 11.2 Å². The van der Waals surface area contributed by atoms with Crippen molar-refractivity contribution < 1.29 is 9.14 Å². The summed E-state index contributed by atoms with van der Waals surface area (Å²) in [6.07, 6.45) is 4.42. The molecule has 1 aliphatic heterocycles. The van der Waals surface area contributed by atoms with E-state index in [4.69, 9.17) is 5.73 Å². The van der Waals surface area contributed by atoms with E-state index in [0.717, 1.165) is 49.8 Å². The highest BCUT2D eigenvalue weighted by atomic mass is 32.2. The Balaban J connectivity index is 1.54. The molecule has 2 heterocycles.